The Morgan fingerprint density at radius 3 is 0.353 bits per heavy atom. The van der Waals surface area contributed by atoms with Crippen molar-refractivity contribution in [2.45, 2.75) is 0 Å². The third-order valence-electron chi connectivity index (χ3n) is 0. The van der Waals surface area contributed by atoms with Gasteiger partial charge in [0.1, 0.15) is 0 Å². The molecule has 0 aromatic carbocycles. The molecule has 0 bridgehead atoms. The summed E-state index contributed by atoms with van der Waals surface area (Å²) in [5.41, 5.74) is 0. The summed E-state index contributed by atoms with van der Waals surface area (Å²) in [6.45, 7) is 0. The fourth-order valence-corrected chi connectivity index (χ4v) is 0. The van der Waals surface area contributed by atoms with E-state index >= 15 is 0 Å². The maximum absolute atomic E-state index is 2.56. The molecule has 0 aromatic heterocycles. The van der Waals surface area contributed by atoms with Crippen molar-refractivity contribution < 1.29 is 44.4 Å². The fourth-order valence-electron chi connectivity index (χ4n) is 0. The number of hydrogen-bond acceptors (Lipinski definition) is 0. The molecule has 17 heteroatoms. The molecule has 1 radical (unpaired) electrons. The second-order valence-corrected chi connectivity index (χ2v) is 0. The summed E-state index contributed by atoms with van der Waals surface area (Å²) in [7, 11) is 0. The standard InChI is InChI=1S/Cd.Cu.In.7HSe2/c;;;7*1-2/h;;;7*1H/q2*+2;+3;7*-1. The van der Waals surface area contributed by atoms with Gasteiger partial charge in [0.05, 0.1) is 0 Å². The fraction of sp³-hybridized carbons (Fsp3) is 0. The van der Waals surface area contributed by atoms with E-state index in [4.69, 9.17) is 0 Å². The molecule has 0 aromatic rings. The summed E-state index contributed by atoms with van der Waals surface area (Å²) in [4.78, 5) is 0. The zero-order chi connectivity index (χ0) is 14.0. The average Bonchev–Trinajstić information content (AvgIpc) is 2.45. The van der Waals surface area contributed by atoms with E-state index in [0.29, 0.717) is 0 Å². The zero-order valence-electron chi connectivity index (χ0n) is 7.57. The molecule has 0 saturated carbocycles. The normalized spacial score (nSPS) is 2.06. The predicted octanol–water partition coefficient (Wildman–Crippen LogP) is -7.59. The molecule has 0 aliphatic heterocycles. The van der Waals surface area contributed by atoms with Crippen LogP contribution in [0.25, 0.3) is 0 Å². The molecule has 0 heterocycles. The molecule has 0 saturated heterocycles. The summed E-state index contributed by atoms with van der Waals surface area (Å²) < 4.78 is 0. The van der Waals surface area contributed by atoms with E-state index in [0.717, 1.165) is 0 Å². The summed E-state index contributed by atoms with van der Waals surface area (Å²) in [5, 5.41) is 0. The van der Waals surface area contributed by atoms with Gasteiger partial charge in [-0.1, -0.05) is 0 Å². The summed E-state index contributed by atoms with van der Waals surface area (Å²) in [6.07, 6.45) is 0. The second-order valence-electron chi connectivity index (χ2n) is 0. The first-order valence-electron chi connectivity index (χ1n) is 1.28. The third kappa shape index (κ3) is 155. The van der Waals surface area contributed by atoms with Gasteiger partial charge in [-0.2, -0.15) is 0 Å². The van der Waals surface area contributed by atoms with E-state index in [9.17, 15) is 0 Å². The first-order chi connectivity index (χ1) is 7.00. The van der Waals surface area contributed by atoms with Crippen LogP contribution >= 0.6 is 0 Å². The topological polar surface area (TPSA) is 0 Å². The minimum absolute atomic E-state index is 0. The van der Waals surface area contributed by atoms with Gasteiger partial charge >= 0.3 is 261 Å². The van der Waals surface area contributed by atoms with Crippen LogP contribution in [0, 0.1) is 0 Å². The van der Waals surface area contributed by atoms with Crippen LogP contribution in [-0.4, -0.2) is 217 Å². The van der Waals surface area contributed by atoms with Crippen molar-refractivity contribution >= 4 is 217 Å². The molecule has 0 amide bonds. The Kier molecular flexibility index (Phi) is 626. The molecule has 0 aliphatic rings. The Labute approximate surface area is 254 Å². The molecule has 0 N–H and O–H groups in total. The van der Waals surface area contributed by atoms with Crippen molar-refractivity contribution in [1.82, 2.24) is 0 Å². The minimum atomic E-state index is 0. The molecular formula is H7CdCuInSe14. The average molecular weight is 1400 g/mol. The quantitative estimate of drug-likeness (QED) is 0.212. The molecule has 0 aliphatic carbocycles. The van der Waals surface area contributed by atoms with Crippen LogP contribution < -0.4 is 0 Å². The van der Waals surface area contributed by atoms with E-state index in [2.05, 4.69) is 191 Å². The van der Waals surface area contributed by atoms with E-state index in [1.165, 1.54) is 0 Å². The monoisotopic (exact) mass is 1420 g/mol. The van der Waals surface area contributed by atoms with Crippen LogP contribution in [0.2, 0.25) is 0 Å². The Hall–Kier alpha value is 9.58. The van der Waals surface area contributed by atoms with Crippen molar-refractivity contribution in [2.24, 2.45) is 0 Å². The molecule has 17 heavy (non-hydrogen) atoms. The zero-order valence-corrected chi connectivity index (χ0v) is 41.0. The van der Waals surface area contributed by atoms with Crippen LogP contribution in [0.5, 0.6) is 0 Å². The van der Waals surface area contributed by atoms with Crippen LogP contribution in [-0.2, 0) is 44.4 Å². The molecule has 0 unspecified atom stereocenters. The Morgan fingerprint density at radius 1 is 0.353 bits per heavy atom. The van der Waals surface area contributed by atoms with Gasteiger partial charge in [0.25, 0.3) is 0 Å². The van der Waals surface area contributed by atoms with Gasteiger partial charge in [0.2, 0.25) is 0 Å². The second kappa shape index (κ2) is 168. The molecular weight excluding hydrogens is 1400 g/mol. The Bertz CT molecular complexity index is 35.8. The van der Waals surface area contributed by atoms with Crippen molar-refractivity contribution in [3.63, 3.8) is 0 Å². The molecule has 107 valence electrons. The van der Waals surface area contributed by atoms with Gasteiger partial charge in [0.15, 0.2) is 0 Å². The van der Waals surface area contributed by atoms with E-state index in [1.807, 2.05) is 0 Å². The molecule has 0 spiro atoms. The number of rotatable bonds is 0. The summed E-state index contributed by atoms with van der Waals surface area (Å²) in [5.74, 6) is 0. The van der Waals surface area contributed by atoms with Crippen LogP contribution in [0.1, 0.15) is 0 Å². The Morgan fingerprint density at radius 2 is 0.353 bits per heavy atom. The molecule has 0 nitrogen and oxygen atoms in total. The van der Waals surface area contributed by atoms with Gasteiger partial charge in [-0.25, -0.2) is 0 Å². The SMILES string of the molecule is [Cd+2].[Cu+2].[In+3].[Se]=[SeH-].[Se]=[SeH-].[Se]=[SeH-].[Se]=[SeH-].[Se]=[SeH-].[Se]=[SeH-].[Se]=[SeH-]. The molecule has 0 atom stereocenters. The van der Waals surface area contributed by atoms with Crippen molar-refractivity contribution in [3.8, 4) is 0 Å². The van der Waals surface area contributed by atoms with Crippen molar-refractivity contribution in [3.05, 3.63) is 0 Å². The third-order valence-corrected chi connectivity index (χ3v) is 0. The van der Waals surface area contributed by atoms with E-state index in [1.54, 1.807) is 0 Å². The maximum atomic E-state index is 2.56. The van der Waals surface area contributed by atoms with Crippen LogP contribution in [0.15, 0.2) is 0 Å². The van der Waals surface area contributed by atoms with Gasteiger partial charge < -0.3 is 0 Å². The van der Waals surface area contributed by atoms with E-state index < -0.39 is 0 Å². The molecule has 0 fully saturated rings. The Balaban J connectivity index is -0.00000000408. The molecule has 0 rings (SSSR count). The first-order valence-corrected chi connectivity index (χ1v) is 34.5. The first kappa shape index (κ1) is 63.3. The van der Waals surface area contributed by atoms with Crippen molar-refractivity contribution in [1.29, 1.82) is 0 Å². The van der Waals surface area contributed by atoms with Crippen LogP contribution in [0.3, 0.4) is 0 Å². The number of hydrogen-bond donors (Lipinski definition) is 0. The predicted molar refractivity (Wildman–Crippen MR) is 96.1 cm³/mol. The van der Waals surface area contributed by atoms with Gasteiger partial charge in [-0.15, -0.1) is 0 Å². The summed E-state index contributed by atoms with van der Waals surface area (Å²) >= 11 is 33.2. The van der Waals surface area contributed by atoms with Gasteiger partial charge in [-0.05, 0) is 0 Å². The van der Waals surface area contributed by atoms with Gasteiger partial charge in [-0.3, -0.25) is 0 Å². The van der Waals surface area contributed by atoms with Gasteiger partial charge in [0, 0.05) is 0 Å². The van der Waals surface area contributed by atoms with Crippen LogP contribution in [0.4, 0.5) is 0 Å². The van der Waals surface area contributed by atoms with E-state index in [-0.39, 0.29) is 70.2 Å². The van der Waals surface area contributed by atoms with Crippen molar-refractivity contribution in [2.75, 3.05) is 0 Å². The summed E-state index contributed by atoms with van der Waals surface area (Å²) in [6, 6.07) is 0.